The quantitative estimate of drug-likeness (QED) is 0.0378. The van der Waals surface area contributed by atoms with Gasteiger partial charge in [-0.1, -0.05) is 88.9 Å². The Balaban J connectivity index is 2.27. The van der Waals surface area contributed by atoms with E-state index in [1.54, 1.807) is 6.08 Å². The Morgan fingerprint density at radius 1 is 0.962 bits per heavy atom. The minimum atomic E-state index is -2.47. The van der Waals surface area contributed by atoms with E-state index in [1.165, 1.54) is 15.6 Å². The molecule has 0 radical (unpaired) electrons. The van der Waals surface area contributed by atoms with Crippen molar-refractivity contribution in [2.75, 3.05) is 26.2 Å². The zero-order valence-electron chi connectivity index (χ0n) is 33.7. The first-order chi connectivity index (χ1) is 24.5. The van der Waals surface area contributed by atoms with Gasteiger partial charge >= 0.3 is 6.03 Å². The largest absolute Gasteiger partial charge is 0.363 e. The average molecular weight is 767 g/mol. The number of nitrogens with zero attached hydrogens (tertiary/aromatic N) is 2. The van der Waals surface area contributed by atoms with Crippen LogP contribution in [0, 0.1) is 22.7 Å². The lowest BCUT2D eigenvalue weighted by molar-refractivity contribution is -0.143. The highest BCUT2D eigenvalue weighted by atomic mass is 32.2. The van der Waals surface area contributed by atoms with Crippen LogP contribution in [-0.2, 0) is 34.7 Å². The molecule has 0 bridgehead atoms. The second-order valence-corrected chi connectivity index (χ2v) is 18.3. The van der Waals surface area contributed by atoms with Gasteiger partial charge in [-0.15, -0.1) is 0 Å². The number of Topliss-reactive ketones (excluding diaryl/α,β-unsaturated/α-hetero) is 1. The van der Waals surface area contributed by atoms with Gasteiger partial charge in [0, 0.05) is 31.6 Å². The molecule has 1 saturated heterocycles. The topological polar surface area (TPSA) is 203 Å². The molecular formula is C38H68N7O7S+. The van der Waals surface area contributed by atoms with Gasteiger partial charge in [0.05, 0.1) is 12.6 Å². The molecule has 7 N–H and O–H groups in total. The zero-order valence-corrected chi connectivity index (χ0v) is 34.6. The van der Waals surface area contributed by atoms with Gasteiger partial charge in [0.25, 0.3) is 17.2 Å². The monoisotopic (exact) mass is 766 g/mol. The second kappa shape index (κ2) is 20.5. The van der Waals surface area contributed by atoms with Gasteiger partial charge in [0.15, 0.2) is 0 Å². The molecule has 15 heteroatoms. The minimum absolute atomic E-state index is 0.0989. The number of rotatable bonds is 19. The third-order valence-electron chi connectivity index (χ3n) is 10.1. The fourth-order valence-electron chi connectivity index (χ4n) is 6.61. The van der Waals surface area contributed by atoms with Crippen LogP contribution in [0.15, 0.2) is 23.8 Å². The van der Waals surface area contributed by atoms with Gasteiger partial charge in [-0.2, -0.15) is 4.55 Å². The van der Waals surface area contributed by atoms with Crippen LogP contribution in [0.3, 0.4) is 0 Å². The first-order valence-corrected chi connectivity index (χ1v) is 20.2. The van der Waals surface area contributed by atoms with Gasteiger partial charge in [-0.3, -0.25) is 19.2 Å². The normalized spacial score (nSPS) is 20.4. The zero-order chi connectivity index (χ0) is 40.3. The van der Waals surface area contributed by atoms with Crippen LogP contribution < -0.4 is 27.0 Å². The average Bonchev–Trinajstić information content (AvgIpc) is 3.42. The summed E-state index contributed by atoms with van der Waals surface area (Å²) in [5.41, 5.74) is 5.19. The summed E-state index contributed by atoms with van der Waals surface area (Å²) in [6, 6.07) is -4.21. The van der Waals surface area contributed by atoms with E-state index in [9.17, 15) is 32.7 Å². The lowest BCUT2D eigenvalue weighted by Gasteiger charge is -2.37. The van der Waals surface area contributed by atoms with Crippen LogP contribution in [0.25, 0.3) is 0 Å². The summed E-state index contributed by atoms with van der Waals surface area (Å²) in [5.74, 6) is -2.80. The molecule has 1 heterocycles. The number of thiol groups is 1. The van der Waals surface area contributed by atoms with E-state index in [2.05, 4.69) is 21.3 Å². The maximum absolute atomic E-state index is 14.4. The first kappa shape index (κ1) is 46.0. The van der Waals surface area contributed by atoms with Gasteiger partial charge < -0.3 is 31.9 Å². The summed E-state index contributed by atoms with van der Waals surface area (Å²) in [6.07, 6.45) is 10.7. The molecule has 302 valence electrons. The molecule has 2 fully saturated rings. The third-order valence-corrected chi connectivity index (χ3v) is 11.2. The number of likely N-dealkylation sites (tertiary alicyclic amines) is 1. The third kappa shape index (κ3) is 14.6. The molecule has 53 heavy (non-hydrogen) atoms. The first-order valence-electron chi connectivity index (χ1n) is 19.0. The Bertz CT molecular complexity index is 1360. The predicted molar refractivity (Wildman–Crippen MR) is 210 cm³/mol. The van der Waals surface area contributed by atoms with E-state index in [0.29, 0.717) is 32.0 Å². The molecule has 1 aliphatic heterocycles. The molecule has 0 spiro atoms. The van der Waals surface area contributed by atoms with E-state index in [4.69, 9.17) is 5.73 Å². The van der Waals surface area contributed by atoms with Crippen molar-refractivity contribution >= 4 is 40.8 Å². The Hall–Kier alpha value is -3.14. The van der Waals surface area contributed by atoms with E-state index in [0.717, 1.165) is 24.8 Å². The molecule has 0 aromatic rings. The SMILES string of the molecule is CC(C)=C[C@H]1CCN(C(=O)[C@@H](NC(=O)N[C@H](CNCCN(C(C)C)[SH+](=O)O)C(C)(C)C)C(C)(C)C)[C@@H]1C(=O)NC(C/C=C/CC1CCC1)C(=O)C(N)=O. The molecule has 5 amide bonds. The summed E-state index contributed by atoms with van der Waals surface area (Å²) in [5, 5.41) is 11.9. The number of amides is 5. The van der Waals surface area contributed by atoms with Crippen molar-refractivity contribution in [3.05, 3.63) is 23.8 Å². The van der Waals surface area contributed by atoms with Gasteiger partial charge in [0.1, 0.15) is 18.1 Å². The number of primary amides is 1. The summed E-state index contributed by atoms with van der Waals surface area (Å²) < 4.78 is 22.8. The number of hydrogen-bond acceptors (Lipinski definition) is 7. The second-order valence-electron chi connectivity index (χ2n) is 17.3. The van der Waals surface area contributed by atoms with Crippen LogP contribution in [0.5, 0.6) is 0 Å². The molecule has 6 atom stereocenters. The molecule has 1 aliphatic carbocycles. The van der Waals surface area contributed by atoms with Crippen molar-refractivity contribution in [3.63, 3.8) is 0 Å². The van der Waals surface area contributed by atoms with Crippen molar-refractivity contribution in [1.82, 2.24) is 30.5 Å². The Morgan fingerprint density at radius 3 is 2.09 bits per heavy atom. The molecule has 1 saturated carbocycles. The van der Waals surface area contributed by atoms with Crippen molar-refractivity contribution in [1.29, 1.82) is 0 Å². The highest BCUT2D eigenvalue weighted by Gasteiger charge is 2.46. The molecule has 2 rings (SSSR count). The van der Waals surface area contributed by atoms with E-state index >= 15 is 0 Å². The minimum Gasteiger partial charge on any atom is -0.363 e. The molecule has 0 aromatic heterocycles. The number of ketones is 1. The maximum atomic E-state index is 14.4. The maximum Gasteiger partial charge on any atom is 0.315 e. The number of nitrogens with one attached hydrogen (secondary N) is 4. The number of carbonyl (C=O) groups excluding carboxylic acids is 5. The number of nitrogens with two attached hydrogens (primary N) is 1. The number of urea groups is 1. The van der Waals surface area contributed by atoms with Gasteiger partial charge in [-0.05, 0) is 67.9 Å². The van der Waals surface area contributed by atoms with Crippen molar-refractivity contribution in [2.45, 2.75) is 138 Å². The van der Waals surface area contributed by atoms with Crippen LogP contribution in [-0.4, -0.2) is 99.7 Å². The number of allylic oxidation sites excluding steroid dienone is 2. The molecule has 14 nitrogen and oxygen atoms in total. The highest BCUT2D eigenvalue weighted by Crippen LogP contribution is 2.32. The van der Waals surface area contributed by atoms with Crippen LogP contribution in [0.2, 0.25) is 0 Å². The predicted octanol–water partition coefficient (Wildman–Crippen LogP) is 3.36. The lowest BCUT2D eigenvalue weighted by Crippen LogP contribution is -2.62. The van der Waals surface area contributed by atoms with Crippen molar-refractivity contribution < 1.29 is 32.7 Å². The van der Waals surface area contributed by atoms with Crippen LogP contribution >= 0.6 is 0 Å². The summed E-state index contributed by atoms with van der Waals surface area (Å²) in [4.78, 5) is 68.4. The molecule has 2 unspecified atom stereocenters. The molecule has 2 aliphatic rings. The van der Waals surface area contributed by atoms with E-state index < -0.39 is 64.3 Å². The van der Waals surface area contributed by atoms with Crippen LogP contribution in [0.1, 0.15) is 108 Å². The fourth-order valence-corrected chi connectivity index (χ4v) is 7.28. The van der Waals surface area contributed by atoms with Crippen LogP contribution in [0.4, 0.5) is 4.79 Å². The molecule has 0 aromatic carbocycles. The number of carbonyl (C=O) groups is 5. The smallest absolute Gasteiger partial charge is 0.315 e. The highest BCUT2D eigenvalue weighted by molar-refractivity contribution is 7.76. The standard InChI is InChI=1S/C38H67N7O7S/c1-24(2)22-27-18-20-44(30(27)34(48)41-28(31(46)33(39)47)17-12-11-14-26-15-13-16-26)35(49)32(38(8,9)10)43-36(50)42-29(37(5,6)7)23-40-19-21-45(25(3)4)53(51)52/h11-12,22,25-30,32,40H,13-21,23H2,1-10H3,(H2,39,47)(H,41,48)(H,51,52)(H2,42,43,50)/p+1/b12-11+/t27-,28?,29-,30+,32-/m1/s1. The van der Waals surface area contributed by atoms with E-state index in [1.807, 2.05) is 81.4 Å². The summed E-state index contributed by atoms with van der Waals surface area (Å²) in [7, 11) is 0. The Kier molecular flexibility index (Phi) is 17.8. The van der Waals surface area contributed by atoms with Gasteiger partial charge in [0.2, 0.25) is 17.6 Å². The number of hydrogen-bond donors (Lipinski definition) is 6. The summed E-state index contributed by atoms with van der Waals surface area (Å²) in [6.45, 7) is 20.3. The van der Waals surface area contributed by atoms with E-state index in [-0.39, 0.29) is 36.4 Å². The summed E-state index contributed by atoms with van der Waals surface area (Å²) >= 11 is -2.47. The molecular weight excluding hydrogens is 699 g/mol. The Labute approximate surface area is 319 Å². The Morgan fingerprint density at radius 2 is 1.60 bits per heavy atom. The lowest BCUT2D eigenvalue weighted by atomic mass is 9.83. The van der Waals surface area contributed by atoms with Crippen molar-refractivity contribution in [3.8, 4) is 0 Å². The fraction of sp³-hybridized carbons (Fsp3) is 0.763. The van der Waals surface area contributed by atoms with Crippen molar-refractivity contribution in [2.24, 2.45) is 28.4 Å². The van der Waals surface area contributed by atoms with Gasteiger partial charge in [-0.25, -0.2) is 4.79 Å².